The number of aromatic nitrogens is 1. The molecule has 1 aromatic heterocycles. The minimum absolute atomic E-state index is 0.142. The minimum Gasteiger partial charge on any atom is -0.346 e. The lowest BCUT2D eigenvalue weighted by Gasteiger charge is -2.60. The fourth-order valence-electron chi connectivity index (χ4n) is 6.27. The number of pyridine rings is 1. The van der Waals surface area contributed by atoms with Gasteiger partial charge in [-0.3, -0.25) is 9.78 Å². The van der Waals surface area contributed by atoms with Gasteiger partial charge in [0.1, 0.15) is 0 Å². The van der Waals surface area contributed by atoms with E-state index in [0.717, 1.165) is 31.9 Å². The molecule has 7 nitrogen and oxygen atoms in total. The summed E-state index contributed by atoms with van der Waals surface area (Å²) in [6.45, 7) is 6.37. The summed E-state index contributed by atoms with van der Waals surface area (Å²) in [4.78, 5) is 28.1. The average molecular weight is 435 g/mol. The standard InChI is InChI=1S/C23H31FN2O5/c1-13-4-5-16-14(2)19(6-7-20(27)26-18-9-11-25-12-17(18)24)28-21-23(16)15(13)8-10-22(3,29-21)30-31-23/h9,11-16,19,21H,4-8,10H2,1-3H3,(H,25,26,27)/t13-,14-,15+,16+,19-,21-,22+,23-/m1/s1. The number of nitrogens with one attached hydrogen (secondary N) is 1. The lowest BCUT2D eigenvalue weighted by molar-refractivity contribution is -0.571. The highest BCUT2D eigenvalue weighted by Crippen LogP contribution is 2.60. The molecular formula is C23H31FN2O5. The van der Waals surface area contributed by atoms with Gasteiger partial charge in [-0.05, 0) is 56.4 Å². The normalized spacial score (nSPS) is 43.7. The van der Waals surface area contributed by atoms with Gasteiger partial charge < -0.3 is 14.8 Å². The van der Waals surface area contributed by atoms with Crippen LogP contribution in [0.25, 0.3) is 0 Å². The molecule has 0 radical (unpaired) electrons. The maximum absolute atomic E-state index is 13.8. The van der Waals surface area contributed by atoms with E-state index in [9.17, 15) is 9.18 Å². The van der Waals surface area contributed by atoms with Crippen LogP contribution in [0.2, 0.25) is 0 Å². The number of rotatable bonds is 4. The predicted octanol–water partition coefficient (Wildman–Crippen LogP) is 4.19. The van der Waals surface area contributed by atoms with E-state index in [1.165, 1.54) is 12.3 Å². The Balaban J connectivity index is 1.32. The maximum Gasteiger partial charge on any atom is 0.224 e. The molecule has 0 unspecified atom stereocenters. The molecule has 170 valence electrons. The second kappa shape index (κ2) is 7.76. The first-order chi connectivity index (χ1) is 14.8. The molecule has 1 amide bonds. The Labute approximate surface area is 181 Å². The van der Waals surface area contributed by atoms with Crippen molar-refractivity contribution in [2.75, 3.05) is 5.32 Å². The van der Waals surface area contributed by atoms with Gasteiger partial charge in [0.15, 0.2) is 17.7 Å². The van der Waals surface area contributed by atoms with Gasteiger partial charge in [-0.25, -0.2) is 14.2 Å². The number of hydrogen-bond acceptors (Lipinski definition) is 6. The molecule has 1 aromatic rings. The van der Waals surface area contributed by atoms with E-state index >= 15 is 0 Å². The van der Waals surface area contributed by atoms with E-state index in [0.29, 0.717) is 18.3 Å². The Morgan fingerprint density at radius 1 is 1.26 bits per heavy atom. The second-order valence-electron chi connectivity index (χ2n) is 9.89. The van der Waals surface area contributed by atoms with Crippen LogP contribution in [0.5, 0.6) is 0 Å². The third kappa shape index (κ3) is 3.48. The Kier molecular flexibility index (Phi) is 5.32. The topological polar surface area (TPSA) is 78.9 Å². The molecule has 8 heteroatoms. The molecule has 4 aliphatic heterocycles. The third-order valence-electron chi connectivity index (χ3n) is 8.00. The highest BCUT2D eigenvalue weighted by Gasteiger charge is 2.69. The third-order valence-corrected chi connectivity index (χ3v) is 8.00. The van der Waals surface area contributed by atoms with Gasteiger partial charge in [0.25, 0.3) is 0 Å². The number of ether oxygens (including phenoxy) is 2. The zero-order chi connectivity index (χ0) is 21.8. The van der Waals surface area contributed by atoms with E-state index in [2.05, 4.69) is 24.1 Å². The van der Waals surface area contributed by atoms with Crippen LogP contribution in [0.1, 0.15) is 59.3 Å². The molecular weight excluding hydrogens is 403 g/mol. The molecule has 5 aliphatic rings. The quantitative estimate of drug-likeness (QED) is 0.716. The molecule has 0 aromatic carbocycles. The SMILES string of the molecule is C[C@H]1[C@@H](CCC(=O)Nc2ccncc2F)O[C@@H]2O[C@]3(C)CC[C@H]4[C@H](C)CC[C@@H]1[C@@]24OO3. The Bertz CT molecular complexity index is 855. The summed E-state index contributed by atoms with van der Waals surface area (Å²) in [6, 6.07) is 1.45. The van der Waals surface area contributed by atoms with Gasteiger partial charge >= 0.3 is 0 Å². The van der Waals surface area contributed by atoms with Crippen molar-refractivity contribution in [1.82, 2.24) is 4.98 Å². The van der Waals surface area contributed by atoms with E-state index in [4.69, 9.17) is 19.2 Å². The van der Waals surface area contributed by atoms with Gasteiger partial charge in [-0.1, -0.05) is 13.8 Å². The van der Waals surface area contributed by atoms with Crippen LogP contribution in [0.15, 0.2) is 18.5 Å². The van der Waals surface area contributed by atoms with E-state index in [-0.39, 0.29) is 36.0 Å². The fourth-order valence-corrected chi connectivity index (χ4v) is 6.27. The van der Waals surface area contributed by atoms with Gasteiger partial charge in [-0.2, -0.15) is 0 Å². The first kappa shape index (κ1) is 21.2. The van der Waals surface area contributed by atoms with Gasteiger partial charge in [0, 0.05) is 25.0 Å². The zero-order valence-electron chi connectivity index (χ0n) is 18.3. The summed E-state index contributed by atoms with van der Waals surface area (Å²) >= 11 is 0. The number of fused-ring (bicyclic) bond motifs is 2. The van der Waals surface area contributed by atoms with Crippen LogP contribution in [0.3, 0.4) is 0 Å². The number of nitrogens with zero attached hydrogens (tertiary/aromatic N) is 1. The summed E-state index contributed by atoms with van der Waals surface area (Å²) in [7, 11) is 0. The summed E-state index contributed by atoms with van der Waals surface area (Å²) in [5.74, 6) is -0.338. The zero-order valence-corrected chi connectivity index (χ0v) is 18.3. The number of halogens is 1. The molecule has 1 aliphatic carbocycles. The minimum atomic E-state index is -0.807. The van der Waals surface area contributed by atoms with Crippen molar-refractivity contribution in [2.24, 2.45) is 23.7 Å². The van der Waals surface area contributed by atoms with Crippen molar-refractivity contribution in [1.29, 1.82) is 0 Å². The Morgan fingerprint density at radius 3 is 2.90 bits per heavy atom. The van der Waals surface area contributed by atoms with Gasteiger partial charge in [0.2, 0.25) is 11.7 Å². The van der Waals surface area contributed by atoms with Crippen molar-refractivity contribution in [3.63, 3.8) is 0 Å². The number of carbonyl (C=O) groups excluding carboxylic acids is 1. The molecule has 1 N–H and O–H groups in total. The second-order valence-corrected chi connectivity index (χ2v) is 9.89. The number of anilines is 1. The fraction of sp³-hybridized carbons (Fsp3) is 0.739. The number of amides is 1. The molecule has 5 fully saturated rings. The van der Waals surface area contributed by atoms with Crippen molar-refractivity contribution < 1.29 is 28.4 Å². The molecule has 4 saturated heterocycles. The predicted molar refractivity (Wildman–Crippen MR) is 109 cm³/mol. The van der Waals surface area contributed by atoms with Gasteiger partial charge in [0.05, 0.1) is 18.0 Å². The molecule has 8 atom stereocenters. The lowest BCUT2D eigenvalue weighted by atomic mass is 9.57. The van der Waals surface area contributed by atoms with Crippen molar-refractivity contribution >= 4 is 11.6 Å². The highest BCUT2D eigenvalue weighted by atomic mass is 19.1. The summed E-state index contributed by atoms with van der Waals surface area (Å²) in [5.41, 5.74) is -0.449. The highest BCUT2D eigenvalue weighted by molar-refractivity contribution is 5.90. The van der Waals surface area contributed by atoms with Crippen LogP contribution in [0, 0.1) is 29.5 Å². The number of hydrogen-bond donors (Lipinski definition) is 1. The van der Waals surface area contributed by atoms with Crippen LogP contribution in [-0.2, 0) is 24.0 Å². The smallest absolute Gasteiger partial charge is 0.224 e. The largest absolute Gasteiger partial charge is 0.346 e. The first-order valence-electron chi connectivity index (χ1n) is 11.4. The van der Waals surface area contributed by atoms with E-state index in [1.54, 1.807) is 0 Å². The molecule has 2 bridgehead atoms. The van der Waals surface area contributed by atoms with Gasteiger partial charge in [-0.15, -0.1) is 0 Å². The molecule has 6 rings (SSSR count). The molecule has 1 saturated carbocycles. The monoisotopic (exact) mass is 434 g/mol. The molecule has 1 spiro atoms. The lowest BCUT2D eigenvalue weighted by Crippen LogP contribution is -2.70. The van der Waals surface area contributed by atoms with Crippen LogP contribution in [0.4, 0.5) is 10.1 Å². The summed E-state index contributed by atoms with van der Waals surface area (Å²) in [6.07, 6.45) is 6.58. The first-order valence-corrected chi connectivity index (χ1v) is 11.4. The maximum atomic E-state index is 13.8. The molecule has 5 heterocycles. The molecule has 31 heavy (non-hydrogen) atoms. The van der Waals surface area contributed by atoms with E-state index in [1.807, 2.05) is 6.92 Å². The van der Waals surface area contributed by atoms with Crippen LogP contribution < -0.4 is 5.32 Å². The van der Waals surface area contributed by atoms with E-state index < -0.39 is 23.5 Å². The Hall–Kier alpha value is -1.61. The van der Waals surface area contributed by atoms with Crippen LogP contribution in [-0.4, -0.2) is 34.7 Å². The summed E-state index contributed by atoms with van der Waals surface area (Å²) in [5, 5.41) is 2.63. The van der Waals surface area contributed by atoms with Crippen molar-refractivity contribution in [2.45, 2.75) is 83.1 Å². The summed E-state index contributed by atoms with van der Waals surface area (Å²) < 4.78 is 26.6. The Morgan fingerprint density at radius 2 is 2.10 bits per heavy atom. The van der Waals surface area contributed by atoms with Crippen LogP contribution >= 0.6 is 0 Å². The van der Waals surface area contributed by atoms with Crippen molar-refractivity contribution in [3.8, 4) is 0 Å². The number of carbonyl (C=O) groups is 1. The van der Waals surface area contributed by atoms with Crippen molar-refractivity contribution in [3.05, 3.63) is 24.3 Å². The average Bonchev–Trinajstić information content (AvgIpc) is 2.97.